The van der Waals surface area contributed by atoms with Gasteiger partial charge >= 0.3 is 0 Å². The molecule has 6 rings (SSSR count). The molecule has 1 fully saturated rings. The SMILES string of the molecule is COc1ccc(C(=O)Nc2cccc(CN3C(=O)[C@@]4(O[C@@H](CCn5cc(CCO)nn5)[C@H](C(C)(C)F)[C@H]4C)c4ccccc43)c2)cc1. The number of hydrogen-bond acceptors (Lipinski definition) is 7. The minimum absolute atomic E-state index is 0.0246. The lowest BCUT2D eigenvalue weighted by molar-refractivity contribution is -0.146. The Morgan fingerprint density at radius 3 is 2.62 bits per heavy atom. The summed E-state index contributed by atoms with van der Waals surface area (Å²) < 4.78 is 29.7. The summed E-state index contributed by atoms with van der Waals surface area (Å²) in [4.78, 5) is 29.2. The van der Waals surface area contributed by atoms with Gasteiger partial charge in [0, 0.05) is 54.4 Å². The van der Waals surface area contributed by atoms with Gasteiger partial charge in [0.1, 0.15) is 11.4 Å². The Hall–Kier alpha value is -4.61. The second-order valence-electron chi connectivity index (χ2n) is 12.8. The smallest absolute Gasteiger partial charge is 0.264 e. The molecular formula is C36H40FN5O5. The van der Waals surface area contributed by atoms with Crippen molar-refractivity contribution in [2.45, 2.75) is 64.1 Å². The van der Waals surface area contributed by atoms with Crippen molar-refractivity contribution in [3.05, 3.63) is 101 Å². The highest BCUT2D eigenvalue weighted by molar-refractivity contribution is 6.07. The van der Waals surface area contributed by atoms with Crippen LogP contribution in [0.15, 0.2) is 79.0 Å². The van der Waals surface area contributed by atoms with Crippen molar-refractivity contribution in [3.63, 3.8) is 0 Å². The summed E-state index contributed by atoms with van der Waals surface area (Å²) in [6.45, 7) is 5.64. The predicted molar refractivity (Wildman–Crippen MR) is 175 cm³/mol. The number of amides is 2. The van der Waals surface area contributed by atoms with Crippen LogP contribution in [0.5, 0.6) is 5.75 Å². The number of carbonyl (C=O) groups excluding carboxylic acids is 2. The number of aromatic nitrogens is 3. The maximum absolute atomic E-state index is 16.0. The van der Waals surface area contributed by atoms with Gasteiger partial charge in [-0.2, -0.15) is 0 Å². The first-order valence-electron chi connectivity index (χ1n) is 15.9. The lowest BCUT2D eigenvalue weighted by Crippen LogP contribution is -2.45. The van der Waals surface area contributed by atoms with Crippen LogP contribution in [0.1, 0.15) is 54.4 Å². The van der Waals surface area contributed by atoms with Gasteiger partial charge in [-0.05, 0) is 68.3 Å². The Morgan fingerprint density at radius 2 is 1.89 bits per heavy atom. The molecule has 4 aromatic rings. The van der Waals surface area contributed by atoms with Gasteiger partial charge in [-0.15, -0.1) is 5.10 Å². The summed E-state index contributed by atoms with van der Waals surface area (Å²) in [6, 6.07) is 21.8. The van der Waals surface area contributed by atoms with Crippen molar-refractivity contribution >= 4 is 23.2 Å². The highest BCUT2D eigenvalue weighted by Crippen LogP contribution is 2.58. The largest absolute Gasteiger partial charge is 0.497 e. The van der Waals surface area contributed by atoms with Crippen LogP contribution in [0, 0.1) is 11.8 Å². The fraction of sp³-hybridized carbons (Fsp3) is 0.389. The summed E-state index contributed by atoms with van der Waals surface area (Å²) in [7, 11) is 1.57. The van der Waals surface area contributed by atoms with Crippen LogP contribution in [0.25, 0.3) is 0 Å². The number of fused-ring (bicyclic) bond motifs is 2. The Morgan fingerprint density at radius 1 is 1.13 bits per heavy atom. The van der Waals surface area contributed by atoms with Crippen LogP contribution in [-0.2, 0) is 34.6 Å². The second kappa shape index (κ2) is 12.9. The zero-order valence-electron chi connectivity index (χ0n) is 27.0. The number of aliphatic hydroxyl groups excluding tert-OH is 1. The molecule has 246 valence electrons. The van der Waals surface area contributed by atoms with E-state index in [1.807, 2.05) is 49.4 Å². The molecule has 2 N–H and O–H groups in total. The Balaban J connectivity index is 1.25. The monoisotopic (exact) mass is 641 g/mol. The average Bonchev–Trinajstić information content (AvgIpc) is 3.70. The summed E-state index contributed by atoms with van der Waals surface area (Å²) in [5.41, 5.74) is 1.03. The number of nitrogens with zero attached hydrogens (tertiary/aromatic N) is 4. The number of ether oxygens (including phenoxy) is 2. The minimum atomic E-state index is -1.63. The number of alkyl halides is 1. The number of anilines is 2. The van der Waals surface area contributed by atoms with Crippen LogP contribution < -0.4 is 15.0 Å². The summed E-state index contributed by atoms with van der Waals surface area (Å²) in [5, 5.41) is 20.4. The van der Waals surface area contributed by atoms with Gasteiger partial charge in [0.05, 0.1) is 31.1 Å². The number of methoxy groups -OCH3 is 1. The molecule has 2 aliphatic heterocycles. The number of carbonyl (C=O) groups is 2. The van der Waals surface area contributed by atoms with Crippen LogP contribution in [0.3, 0.4) is 0 Å². The molecule has 2 amide bonds. The van der Waals surface area contributed by atoms with E-state index < -0.39 is 29.2 Å². The molecule has 4 atom stereocenters. The maximum atomic E-state index is 16.0. The second-order valence-corrected chi connectivity index (χ2v) is 12.8. The van der Waals surface area contributed by atoms with Crippen molar-refractivity contribution in [3.8, 4) is 5.75 Å². The van der Waals surface area contributed by atoms with E-state index in [1.165, 1.54) is 0 Å². The van der Waals surface area contributed by atoms with Crippen LogP contribution >= 0.6 is 0 Å². The number of aliphatic hydroxyl groups is 1. The van der Waals surface area contributed by atoms with E-state index in [1.54, 1.807) is 67.1 Å². The van der Waals surface area contributed by atoms with Gasteiger partial charge in [-0.25, -0.2) is 4.39 Å². The molecule has 3 heterocycles. The van der Waals surface area contributed by atoms with Crippen LogP contribution in [-0.4, -0.2) is 57.4 Å². The molecule has 10 nitrogen and oxygen atoms in total. The van der Waals surface area contributed by atoms with Gasteiger partial charge in [-0.1, -0.05) is 42.5 Å². The summed E-state index contributed by atoms with van der Waals surface area (Å²) >= 11 is 0. The number of benzene rings is 3. The van der Waals surface area contributed by atoms with Crippen LogP contribution in [0.4, 0.5) is 15.8 Å². The number of hydrogen-bond donors (Lipinski definition) is 2. The lowest BCUT2D eigenvalue weighted by Gasteiger charge is -2.32. The van der Waals surface area contributed by atoms with Crippen molar-refractivity contribution in [2.75, 3.05) is 23.9 Å². The van der Waals surface area contributed by atoms with E-state index in [0.29, 0.717) is 42.1 Å². The number of para-hydroxylation sites is 1. The molecular weight excluding hydrogens is 601 g/mol. The molecule has 0 aliphatic carbocycles. The third-order valence-corrected chi connectivity index (χ3v) is 9.34. The van der Waals surface area contributed by atoms with Crippen molar-refractivity contribution in [1.29, 1.82) is 0 Å². The fourth-order valence-corrected chi connectivity index (χ4v) is 7.24. The van der Waals surface area contributed by atoms with Gasteiger partial charge < -0.3 is 24.8 Å². The molecule has 2 aliphatic rings. The standard InChI is InChI=1S/C36H40FN5O5/c1-23-32(35(2,3)37)31(16-18-41-22-27(17-19-43)39-40-41)47-36(23)29-10-5-6-11-30(29)42(34(36)45)21-24-8-7-9-26(20-24)38-33(44)25-12-14-28(46-4)15-13-25/h5-15,20,22-23,31-32,43H,16-19,21H2,1-4H3,(H,38,44)/t23-,31+,32-,36+/m1/s1. The highest BCUT2D eigenvalue weighted by Gasteiger charge is 2.66. The van der Waals surface area contributed by atoms with Crippen molar-refractivity contribution in [2.24, 2.45) is 11.8 Å². The minimum Gasteiger partial charge on any atom is -0.497 e. The van der Waals surface area contributed by atoms with E-state index in [2.05, 4.69) is 15.6 Å². The number of aryl methyl sites for hydroxylation is 1. The van der Waals surface area contributed by atoms with Crippen molar-refractivity contribution < 1.29 is 28.6 Å². The van der Waals surface area contributed by atoms with E-state index in [-0.39, 0.29) is 25.0 Å². The third-order valence-electron chi connectivity index (χ3n) is 9.34. The zero-order chi connectivity index (χ0) is 33.3. The molecule has 1 spiro atoms. The normalized spacial score (nSPS) is 22.1. The molecule has 1 aromatic heterocycles. The Labute approximate surface area is 273 Å². The molecule has 0 bridgehead atoms. The molecule has 47 heavy (non-hydrogen) atoms. The van der Waals surface area contributed by atoms with Crippen molar-refractivity contribution in [1.82, 2.24) is 15.0 Å². The first kappa shape index (κ1) is 32.3. The lowest BCUT2D eigenvalue weighted by atomic mass is 9.71. The first-order valence-corrected chi connectivity index (χ1v) is 15.9. The summed E-state index contributed by atoms with van der Waals surface area (Å²) in [5.74, 6) is -0.880. The first-order chi connectivity index (χ1) is 22.5. The Kier molecular flexibility index (Phi) is 8.86. The number of nitrogens with one attached hydrogen (secondary N) is 1. The van der Waals surface area contributed by atoms with E-state index in [4.69, 9.17) is 9.47 Å². The molecule has 0 unspecified atom stereocenters. The van der Waals surface area contributed by atoms with Gasteiger partial charge in [0.25, 0.3) is 11.8 Å². The predicted octanol–water partition coefficient (Wildman–Crippen LogP) is 5.31. The molecule has 0 saturated carbocycles. The van der Waals surface area contributed by atoms with Gasteiger partial charge in [0.15, 0.2) is 5.60 Å². The average molecular weight is 642 g/mol. The highest BCUT2D eigenvalue weighted by atomic mass is 19.1. The molecule has 3 aromatic carbocycles. The number of rotatable bonds is 11. The number of halogens is 1. The van der Waals surface area contributed by atoms with Gasteiger partial charge in [0.2, 0.25) is 0 Å². The molecule has 0 radical (unpaired) electrons. The molecule has 11 heteroatoms. The van der Waals surface area contributed by atoms with Gasteiger partial charge in [-0.3, -0.25) is 14.3 Å². The van der Waals surface area contributed by atoms with E-state index >= 15 is 4.39 Å². The molecule has 1 saturated heterocycles. The zero-order valence-corrected chi connectivity index (χ0v) is 27.0. The van der Waals surface area contributed by atoms with E-state index in [0.717, 1.165) is 16.8 Å². The maximum Gasteiger partial charge on any atom is 0.264 e. The van der Waals surface area contributed by atoms with Crippen LogP contribution in [0.2, 0.25) is 0 Å². The van der Waals surface area contributed by atoms with E-state index in [9.17, 15) is 14.7 Å². The fourth-order valence-electron chi connectivity index (χ4n) is 7.24. The topological polar surface area (TPSA) is 119 Å². The quantitative estimate of drug-likeness (QED) is 0.228. The Bertz CT molecular complexity index is 1750. The summed E-state index contributed by atoms with van der Waals surface area (Å²) in [6.07, 6.45) is 2.03. The third kappa shape index (κ3) is 6.13.